The van der Waals surface area contributed by atoms with Crippen molar-refractivity contribution in [3.63, 3.8) is 0 Å². The number of carboxylic acid groups (broad SMARTS) is 1. The molecule has 1 amide bonds. The summed E-state index contributed by atoms with van der Waals surface area (Å²) in [6.45, 7) is 0. The molecule has 2 rings (SSSR count). The lowest BCUT2D eigenvalue weighted by molar-refractivity contribution is -0.0343. The molecule has 0 aliphatic carbocycles. The van der Waals surface area contributed by atoms with Crippen LogP contribution in [0.5, 0.6) is 0 Å². The Morgan fingerprint density at radius 3 is 2.75 bits per heavy atom. The largest absolute Gasteiger partial charge is 0.465 e. The van der Waals surface area contributed by atoms with Gasteiger partial charge in [0.1, 0.15) is 0 Å². The number of nitrogens with zero attached hydrogens (tertiary/aromatic N) is 1. The van der Waals surface area contributed by atoms with Crippen molar-refractivity contribution in [1.82, 2.24) is 4.90 Å². The molecule has 12 heavy (non-hydrogen) atoms. The average Bonchev–Trinajstić information content (AvgIpc) is 2.18. The van der Waals surface area contributed by atoms with E-state index in [2.05, 4.69) is 0 Å². The molecule has 0 saturated carbocycles. The standard InChI is InChI=1S/C8H12FNO2/c9-8-4-1-2-6(3-5-8)10(8)7(11)12/h6H,1-5H2,(H,11,12). The Labute approximate surface area is 70.2 Å². The van der Waals surface area contributed by atoms with E-state index in [1.165, 1.54) is 0 Å². The monoisotopic (exact) mass is 173 g/mol. The number of alkyl halides is 1. The van der Waals surface area contributed by atoms with Gasteiger partial charge in [-0.15, -0.1) is 0 Å². The zero-order chi connectivity index (χ0) is 8.77. The predicted molar refractivity (Wildman–Crippen MR) is 40.6 cm³/mol. The first-order chi connectivity index (χ1) is 5.63. The number of carbonyl (C=O) groups is 1. The van der Waals surface area contributed by atoms with Gasteiger partial charge in [0.2, 0.25) is 0 Å². The fourth-order valence-electron chi connectivity index (χ4n) is 2.42. The van der Waals surface area contributed by atoms with Crippen LogP contribution in [0.2, 0.25) is 0 Å². The number of rotatable bonds is 0. The molecular weight excluding hydrogens is 161 g/mol. The summed E-state index contributed by atoms with van der Waals surface area (Å²) < 4.78 is 13.8. The minimum Gasteiger partial charge on any atom is -0.465 e. The van der Waals surface area contributed by atoms with Crippen molar-refractivity contribution in [1.29, 1.82) is 0 Å². The minimum atomic E-state index is -1.53. The summed E-state index contributed by atoms with van der Waals surface area (Å²) in [5.41, 5.74) is 0. The van der Waals surface area contributed by atoms with Crippen molar-refractivity contribution in [2.24, 2.45) is 0 Å². The van der Waals surface area contributed by atoms with E-state index in [0.717, 1.165) is 17.7 Å². The van der Waals surface area contributed by atoms with E-state index in [0.29, 0.717) is 19.3 Å². The van der Waals surface area contributed by atoms with Gasteiger partial charge in [-0.1, -0.05) is 0 Å². The molecule has 2 unspecified atom stereocenters. The number of piperidine rings is 1. The maximum atomic E-state index is 13.8. The molecule has 68 valence electrons. The van der Waals surface area contributed by atoms with Crippen LogP contribution in [0.25, 0.3) is 0 Å². The third kappa shape index (κ3) is 0.901. The first-order valence-electron chi connectivity index (χ1n) is 4.35. The number of fused-ring (bicyclic) bond motifs is 2. The van der Waals surface area contributed by atoms with Crippen molar-refractivity contribution < 1.29 is 14.3 Å². The molecule has 0 spiro atoms. The zero-order valence-electron chi connectivity index (χ0n) is 6.79. The van der Waals surface area contributed by atoms with Crippen molar-refractivity contribution in [2.75, 3.05) is 0 Å². The fourth-order valence-corrected chi connectivity index (χ4v) is 2.42. The zero-order valence-corrected chi connectivity index (χ0v) is 6.79. The SMILES string of the molecule is O=C(O)N1C2CCCC1(F)CC2. The second-order valence-electron chi connectivity index (χ2n) is 3.66. The number of halogens is 1. The summed E-state index contributed by atoms with van der Waals surface area (Å²) in [6.07, 6.45) is 2.03. The van der Waals surface area contributed by atoms with Crippen molar-refractivity contribution in [2.45, 2.75) is 43.9 Å². The molecule has 2 atom stereocenters. The molecule has 2 saturated heterocycles. The Morgan fingerprint density at radius 1 is 1.50 bits per heavy atom. The Balaban J connectivity index is 2.26. The number of hydrogen-bond donors (Lipinski definition) is 1. The van der Waals surface area contributed by atoms with Crippen LogP contribution in [0.4, 0.5) is 9.18 Å². The van der Waals surface area contributed by atoms with Gasteiger partial charge in [-0.05, 0) is 19.3 Å². The molecule has 2 heterocycles. The summed E-state index contributed by atoms with van der Waals surface area (Å²) >= 11 is 0. The molecule has 2 fully saturated rings. The molecule has 2 aliphatic heterocycles. The van der Waals surface area contributed by atoms with Crippen LogP contribution in [-0.4, -0.2) is 27.9 Å². The van der Waals surface area contributed by atoms with Crippen LogP contribution >= 0.6 is 0 Å². The van der Waals surface area contributed by atoms with Crippen LogP contribution < -0.4 is 0 Å². The van der Waals surface area contributed by atoms with Gasteiger partial charge in [-0.25, -0.2) is 9.18 Å². The first-order valence-corrected chi connectivity index (χ1v) is 4.35. The molecular formula is C8H12FNO2. The molecule has 3 nitrogen and oxygen atoms in total. The molecule has 2 bridgehead atoms. The predicted octanol–water partition coefficient (Wildman–Crippen LogP) is 1.98. The maximum Gasteiger partial charge on any atom is 0.410 e. The highest BCUT2D eigenvalue weighted by molar-refractivity contribution is 5.67. The van der Waals surface area contributed by atoms with Crippen LogP contribution in [0.15, 0.2) is 0 Å². The van der Waals surface area contributed by atoms with Gasteiger partial charge in [-0.3, -0.25) is 4.90 Å². The molecule has 2 aliphatic rings. The van der Waals surface area contributed by atoms with E-state index in [9.17, 15) is 9.18 Å². The lowest BCUT2D eigenvalue weighted by atomic mass is 10.0. The normalized spacial score (nSPS) is 40.1. The van der Waals surface area contributed by atoms with Crippen LogP contribution in [-0.2, 0) is 0 Å². The Hall–Kier alpha value is -0.800. The van der Waals surface area contributed by atoms with Crippen molar-refractivity contribution in [3.05, 3.63) is 0 Å². The van der Waals surface area contributed by atoms with Crippen LogP contribution in [0.3, 0.4) is 0 Å². The second kappa shape index (κ2) is 2.34. The molecule has 0 aromatic rings. The van der Waals surface area contributed by atoms with Gasteiger partial charge in [0.05, 0.1) is 0 Å². The second-order valence-corrected chi connectivity index (χ2v) is 3.66. The Bertz CT molecular complexity index is 217. The van der Waals surface area contributed by atoms with Gasteiger partial charge in [0.25, 0.3) is 0 Å². The summed E-state index contributed by atoms with van der Waals surface area (Å²) in [4.78, 5) is 11.7. The molecule has 0 aromatic heterocycles. The third-order valence-corrected chi connectivity index (χ3v) is 2.96. The van der Waals surface area contributed by atoms with E-state index in [1.807, 2.05) is 0 Å². The lowest BCUT2D eigenvalue weighted by Gasteiger charge is -2.36. The summed E-state index contributed by atoms with van der Waals surface area (Å²) in [6, 6.07) is -0.0544. The minimum absolute atomic E-state index is 0.0544. The van der Waals surface area contributed by atoms with Gasteiger partial charge in [0.15, 0.2) is 5.79 Å². The van der Waals surface area contributed by atoms with Crippen LogP contribution in [0, 0.1) is 0 Å². The third-order valence-electron chi connectivity index (χ3n) is 2.96. The van der Waals surface area contributed by atoms with E-state index in [1.54, 1.807) is 0 Å². The quantitative estimate of drug-likeness (QED) is 0.569. The van der Waals surface area contributed by atoms with Gasteiger partial charge in [0, 0.05) is 18.9 Å². The highest BCUT2D eigenvalue weighted by Crippen LogP contribution is 2.44. The summed E-state index contributed by atoms with van der Waals surface area (Å²) in [5, 5.41) is 8.77. The molecule has 1 N–H and O–H groups in total. The molecule has 0 aromatic carbocycles. The Morgan fingerprint density at radius 2 is 2.25 bits per heavy atom. The van der Waals surface area contributed by atoms with Gasteiger partial charge < -0.3 is 5.11 Å². The number of amides is 1. The van der Waals surface area contributed by atoms with Gasteiger partial charge >= 0.3 is 6.09 Å². The van der Waals surface area contributed by atoms with Crippen molar-refractivity contribution in [3.8, 4) is 0 Å². The van der Waals surface area contributed by atoms with Crippen LogP contribution in [0.1, 0.15) is 32.1 Å². The summed E-state index contributed by atoms with van der Waals surface area (Å²) in [7, 11) is 0. The van der Waals surface area contributed by atoms with E-state index < -0.39 is 11.9 Å². The van der Waals surface area contributed by atoms with Gasteiger partial charge in [-0.2, -0.15) is 0 Å². The Kier molecular flexibility index (Phi) is 1.53. The summed E-state index contributed by atoms with van der Waals surface area (Å²) in [5.74, 6) is -1.53. The maximum absolute atomic E-state index is 13.8. The molecule has 0 radical (unpaired) electrons. The lowest BCUT2D eigenvalue weighted by Crippen LogP contribution is -2.50. The van der Waals surface area contributed by atoms with E-state index in [-0.39, 0.29) is 6.04 Å². The first kappa shape index (κ1) is 7.83. The fraction of sp³-hybridized carbons (Fsp3) is 0.875. The van der Waals surface area contributed by atoms with E-state index in [4.69, 9.17) is 5.11 Å². The highest BCUT2D eigenvalue weighted by Gasteiger charge is 2.51. The van der Waals surface area contributed by atoms with Crippen molar-refractivity contribution >= 4 is 6.09 Å². The highest BCUT2D eigenvalue weighted by atomic mass is 19.1. The molecule has 4 heteroatoms. The smallest absolute Gasteiger partial charge is 0.410 e. The van der Waals surface area contributed by atoms with E-state index >= 15 is 0 Å². The average molecular weight is 173 g/mol. The topological polar surface area (TPSA) is 40.5 Å². The number of hydrogen-bond acceptors (Lipinski definition) is 1.